The summed E-state index contributed by atoms with van der Waals surface area (Å²) in [6, 6.07) is 1.31. The van der Waals surface area contributed by atoms with E-state index >= 15 is 0 Å². The molecule has 1 aliphatic heterocycles. The highest BCUT2D eigenvalue weighted by atomic mass is 19.4. The van der Waals surface area contributed by atoms with E-state index in [1.54, 1.807) is 0 Å². The van der Waals surface area contributed by atoms with Crippen LogP contribution in [0.2, 0.25) is 0 Å². The summed E-state index contributed by atoms with van der Waals surface area (Å²) in [7, 11) is 0. The van der Waals surface area contributed by atoms with Crippen molar-refractivity contribution < 1.29 is 31.1 Å². The van der Waals surface area contributed by atoms with Crippen LogP contribution in [0.25, 0.3) is 0 Å². The largest absolute Gasteiger partial charge is 0.416 e. The standard InChI is InChI=1S/C15H16F6N2O/c16-14(17,18)11-5-9(6-12(7-11)15(19,20)21)8-23-13(24)10-1-3-22-4-2-10/h5-7,10,22H,1-4,8H2,(H,23,24). The number of hydrogen-bond acceptors (Lipinski definition) is 2. The lowest BCUT2D eigenvalue weighted by Crippen LogP contribution is -2.37. The molecule has 134 valence electrons. The number of carbonyl (C=O) groups excluding carboxylic acids is 1. The Morgan fingerprint density at radius 1 is 1.00 bits per heavy atom. The highest BCUT2D eigenvalue weighted by Gasteiger charge is 2.36. The maximum atomic E-state index is 12.8. The molecule has 3 nitrogen and oxygen atoms in total. The molecule has 1 aromatic carbocycles. The first-order valence-electron chi connectivity index (χ1n) is 7.34. The summed E-state index contributed by atoms with van der Waals surface area (Å²) in [5.74, 6) is -0.637. The van der Waals surface area contributed by atoms with Crippen LogP contribution in [-0.2, 0) is 23.7 Å². The predicted molar refractivity (Wildman–Crippen MR) is 73.9 cm³/mol. The van der Waals surface area contributed by atoms with Gasteiger partial charge in [0.1, 0.15) is 0 Å². The van der Waals surface area contributed by atoms with Crippen molar-refractivity contribution in [3.8, 4) is 0 Å². The molecule has 1 saturated heterocycles. The maximum Gasteiger partial charge on any atom is 0.416 e. The number of nitrogens with one attached hydrogen (secondary N) is 2. The Hall–Kier alpha value is -1.77. The molecule has 24 heavy (non-hydrogen) atoms. The van der Waals surface area contributed by atoms with Crippen LogP contribution < -0.4 is 10.6 Å². The Labute approximate surface area is 134 Å². The second-order valence-corrected chi connectivity index (χ2v) is 5.66. The minimum atomic E-state index is -4.89. The van der Waals surface area contributed by atoms with Crippen LogP contribution in [0.1, 0.15) is 29.5 Å². The van der Waals surface area contributed by atoms with E-state index in [1.165, 1.54) is 0 Å². The van der Waals surface area contributed by atoms with Crippen LogP contribution in [0.5, 0.6) is 0 Å². The van der Waals surface area contributed by atoms with Crippen molar-refractivity contribution in [1.82, 2.24) is 10.6 Å². The molecule has 0 spiro atoms. The van der Waals surface area contributed by atoms with Crippen LogP contribution in [-0.4, -0.2) is 19.0 Å². The highest BCUT2D eigenvalue weighted by molar-refractivity contribution is 5.78. The van der Waals surface area contributed by atoms with Gasteiger partial charge in [-0.2, -0.15) is 26.3 Å². The normalized spacial score (nSPS) is 16.9. The van der Waals surface area contributed by atoms with Gasteiger partial charge in [-0.25, -0.2) is 0 Å². The number of benzene rings is 1. The van der Waals surface area contributed by atoms with Crippen LogP contribution in [0, 0.1) is 5.92 Å². The molecule has 0 bridgehead atoms. The third-order valence-corrected chi connectivity index (χ3v) is 3.82. The molecule has 9 heteroatoms. The van der Waals surface area contributed by atoms with E-state index in [0.717, 1.165) is 0 Å². The quantitative estimate of drug-likeness (QED) is 0.818. The first kappa shape index (κ1) is 18.6. The molecule has 0 aromatic heterocycles. The fourth-order valence-electron chi connectivity index (χ4n) is 2.54. The van der Waals surface area contributed by atoms with Gasteiger partial charge in [-0.05, 0) is 49.7 Å². The number of hydrogen-bond donors (Lipinski definition) is 2. The molecule has 1 fully saturated rings. The van der Waals surface area contributed by atoms with Crippen molar-refractivity contribution in [3.63, 3.8) is 0 Å². The second-order valence-electron chi connectivity index (χ2n) is 5.66. The van der Waals surface area contributed by atoms with E-state index in [0.29, 0.717) is 38.1 Å². The monoisotopic (exact) mass is 354 g/mol. The van der Waals surface area contributed by atoms with E-state index in [1.807, 2.05) is 0 Å². The lowest BCUT2D eigenvalue weighted by atomic mass is 9.97. The van der Waals surface area contributed by atoms with Gasteiger partial charge in [0.05, 0.1) is 11.1 Å². The summed E-state index contributed by atoms with van der Waals surface area (Å²) >= 11 is 0. The van der Waals surface area contributed by atoms with Crippen LogP contribution in [0.3, 0.4) is 0 Å². The minimum absolute atomic E-state index is 0.0676. The second kappa shape index (κ2) is 7.00. The summed E-state index contributed by atoms with van der Waals surface area (Å²) in [4.78, 5) is 12.0. The van der Waals surface area contributed by atoms with Gasteiger partial charge in [0, 0.05) is 12.5 Å². The Bertz CT molecular complexity index is 558. The van der Waals surface area contributed by atoms with Gasteiger partial charge in [0.25, 0.3) is 0 Å². The Morgan fingerprint density at radius 2 is 1.50 bits per heavy atom. The number of amides is 1. The van der Waals surface area contributed by atoms with Crippen LogP contribution in [0.4, 0.5) is 26.3 Å². The van der Waals surface area contributed by atoms with Gasteiger partial charge in [-0.3, -0.25) is 4.79 Å². The SMILES string of the molecule is O=C(NCc1cc(C(F)(F)F)cc(C(F)(F)F)c1)C1CCNCC1. The fraction of sp³-hybridized carbons (Fsp3) is 0.533. The van der Waals surface area contributed by atoms with E-state index in [2.05, 4.69) is 10.6 Å². The predicted octanol–water partition coefficient (Wildman–Crippen LogP) is 3.34. The smallest absolute Gasteiger partial charge is 0.352 e. The van der Waals surface area contributed by atoms with Crippen LogP contribution >= 0.6 is 0 Å². The first-order chi connectivity index (χ1) is 11.1. The Morgan fingerprint density at radius 3 is 1.96 bits per heavy atom. The Kier molecular flexibility index (Phi) is 5.42. The van der Waals surface area contributed by atoms with Crippen molar-refractivity contribution in [3.05, 3.63) is 34.9 Å². The van der Waals surface area contributed by atoms with Gasteiger partial charge in [0.2, 0.25) is 5.91 Å². The van der Waals surface area contributed by atoms with Gasteiger partial charge in [0.15, 0.2) is 0 Å². The maximum absolute atomic E-state index is 12.8. The highest BCUT2D eigenvalue weighted by Crippen LogP contribution is 2.36. The number of alkyl halides is 6. The van der Waals surface area contributed by atoms with Gasteiger partial charge >= 0.3 is 12.4 Å². The number of rotatable bonds is 3. The summed E-state index contributed by atoms with van der Waals surface area (Å²) in [6.07, 6.45) is -8.62. The molecule has 0 aliphatic carbocycles. The average molecular weight is 354 g/mol. The van der Waals surface area contributed by atoms with Crippen LogP contribution in [0.15, 0.2) is 18.2 Å². The van der Waals surface area contributed by atoms with E-state index in [9.17, 15) is 31.1 Å². The molecule has 1 aliphatic rings. The molecule has 0 atom stereocenters. The zero-order valence-electron chi connectivity index (χ0n) is 12.5. The molecule has 0 radical (unpaired) electrons. The van der Waals surface area contributed by atoms with Crippen molar-refractivity contribution in [2.24, 2.45) is 5.92 Å². The molecule has 0 saturated carbocycles. The van der Waals surface area contributed by atoms with Gasteiger partial charge < -0.3 is 10.6 Å². The van der Waals surface area contributed by atoms with E-state index < -0.39 is 23.5 Å². The number of carbonyl (C=O) groups is 1. The molecule has 2 rings (SSSR count). The third kappa shape index (κ3) is 4.86. The molecule has 0 unspecified atom stereocenters. The summed E-state index contributed by atoms with van der Waals surface area (Å²) < 4.78 is 76.6. The zero-order chi connectivity index (χ0) is 18.0. The molecular formula is C15H16F6N2O. The molecule has 1 aromatic rings. The summed E-state index contributed by atoms with van der Waals surface area (Å²) in [5, 5.41) is 5.49. The molecule has 2 N–H and O–H groups in total. The summed E-state index contributed by atoms with van der Waals surface area (Å²) in [5.41, 5.74) is -3.01. The first-order valence-corrected chi connectivity index (χ1v) is 7.34. The van der Waals surface area contributed by atoms with Crippen molar-refractivity contribution in [1.29, 1.82) is 0 Å². The van der Waals surface area contributed by atoms with Crippen molar-refractivity contribution in [2.45, 2.75) is 31.7 Å². The van der Waals surface area contributed by atoms with Crippen molar-refractivity contribution >= 4 is 5.91 Å². The lowest BCUT2D eigenvalue weighted by Gasteiger charge is -2.22. The number of piperidine rings is 1. The minimum Gasteiger partial charge on any atom is -0.352 e. The Balaban J connectivity index is 2.15. The van der Waals surface area contributed by atoms with E-state index in [4.69, 9.17) is 0 Å². The molecule has 1 heterocycles. The van der Waals surface area contributed by atoms with E-state index in [-0.39, 0.29) is 30.0 Å². The fourth-order valence-corrected chi connectivity index (χ4v) is 2.54. The lowest BCUT2D eigenvalue weighted by molar-refractivity contribution is -0.143. The average Bonchev–Trinajstić information content (AvgIpc) is 2.51. The van der Waals surface area contributed by atoms with Gasteiger partial charge in [-0.1, -0.05) is 0 Å². The third-order valence-electron chi connectivity index (χ3n) is 3.82. The molecule has 1 amide bonds. The zero-order valence-corrected chi connectivity index (χ0v) is 12.5. The topological polar surface area (TPSA) is 41.1 Å². The van der Waals surface area contributed by atoms with Crippen molar-refractivity contribution in [2.75, 3.05) is 13.1 Å². The number of halogens is 6. The molecular weight excluding hydrogens is 338 g/mol. The summed E-state index contributed by atoms with van der Waals surface area (Å²) in [6.45, 7) is 0.926. The van der Waals surface area contributed by atoms with Gasteiger partial charge in [-0.15, -0.1) is 0 Å².